The van der Waals surface area contributed by atoms with Crippen molar-refractivity contribution >= 4 is 16.8 Å². The lowest BCUT2D eigenvalue weighted by Gasteiger charge is -2.49. The fourth-order valence-electron chi connectivity index (χ4n) is 5.07. The number of pyridine rings is 1. The van der Waals surface area contributed by atoms with Crippen LogP contribution in [0.3, 0.4) is 0 Å². The maximum atomic E-state index is 13.0. The number of fused-ring (bicyclic) bond motifs is 1. The van der Waals surface area contributed by atoms with Gasteiger partial charge < -0.3 is 14.4 Å². The average Bonchev–Trinajstić information content (AvgIpc) is 2.79. The number of rotatable bonds is 2. The van der Waals surface area contributed by atoms with Crippen LogP contribution in [0.4, 0.5) is 0 Å². The number of carbonyl (C=O) groups excluding carboxylic acids is 1. The summed E-state index contributed by atoms with van der Waals surface area (Å²) >= 11 is 0. The number of carbonyl (C=O) groups is 1. The Labute approximate surface area is 171 Å². The molecule has 2 aromatic rings. The molecule has 1 unspecified atom stereocenters. The number of morpholine rings is 1. The molecule has 0 saturated carbocycles. The van der Waals surface area contributed by atoms with E-state index >= 15 is 0 Å². The molecule has 5 rings (SSSR count). The van der Waals surface area contributed by atoms with Crippen LogP contribution in [0.1, 0.15) is 36.2 Å². The SMILES string of the molecule is O=C(c1ccc2ccccc2n1)N1CCC2(CC1)CC(N1CCOCC1)CCO2. The summed E-state index contributed by atoms with van der Waals surface area (Å²) in [5.74, 6) is 0.0335. The minimum Gasteiger partial charge on any atom is -0.379 e. The quantitative estimate of drug-likeness (QED) is 0.783. The van der Waals surface area contributed by atoms with Gasteiger partial charge in [-0.1, -0.05) is 24.3 Å². The van der Waals surface area contributed by atoms with Gasteiger partial charge in [-0.3, -0.25) is 9.69 Å². The highest BCUT2D eigenvalue weighted by molar-refractivity contribution is 5.95. The molecule has 6 heteroatoms. The highest BCUT2D eigenvalue weighted by Crippen LogP contribution is 2.37. The van der Waals surface area contributed by atoms with Gasteiger partial charge in [0.2, 0.25) is 0 Å². The number of amides is 1. The van der Waals surface area contributed by atoms with E-state index in [2.05, 4.69) is 9.88 Å². The second kappa shape index (κ2) is 8.01. The van der Waals surface area contributed by atoms with Gasteiger partial charge in [0, 0.05) is 44.2 Å². The predicted octanol–water partition coefficient (Wildman–Crippen LogP) is 2.72. The fraction of sp³-hybridized carbons (Fsp3) is 0.565. The lowest BCUT2D eigenvalue weighted by molar-refractivity contribution is -0.136. The van der Waals surface area contributed by atoms with E-state index in [1.807, 2.05) is 41.3 Å². The first-order valence-corrected chi connectivity index (χ1v) is 10.8. The van der Waals surface area contributed by atoms with Crippen molar-refractivity contribution in [1.29, 1.82) is 0 Å². The monoisotopic (exact) mass is 395 g/mol. The predicted molar refractivity (Wildman–Crippen MR) is 111 cm³/mol. The summed E-state index contributed by atoms with van der Waals surface area (Å²) in [4.78, 5) is 22.1. The van der Waals surface area contributed by atoms with Gasteiger partial charge >= 0.3 is 0 Å². The molecule has 154 valence electrons. The third kappa shape index (κ3) is 3.89. The Morgan fingerprint density at radius 1 is 1.00 bits per heavy atom. The van der Waals surface area contributed by atoms with Crippen LogP contribution in [0, 0.1) is 0 Å². The summed E-state index contributed by atoms with van der Waals surface area (Å²) in [6, 6.07) is 12.3. The van der Waals surface area contributed by atoms with E-state index in [-0.39, 0.29) is 11.5 Å². The molecular formula is C23H29N3O3. The molecule has 3 fully saturated rings. The molecule has 1 atom stereocenters. The topological polar surface area (TPSA) is 54.9 Å². The normalized spacial score (nSPS) is 25.4. The number of benzene rings is 1. The summed E-state index contributed by atoms with van der Waals surface area (Å²) in [7, 11) is 0. The Hall–Kier alpha value is -2.02. The molecule has 1 amide bonds. The van der Waals surface area contributed by atoms with E-state index in [0.717, 1.165) is 82.6 Å². The van der Waals surface area contributed by atoms with Crippen LogP contribution < -0.4 is 0 Å². The van der Waals surface area contributed by atoms with Crippen LogP contribution in [0.2, 0.25) is 0 Å². The van der Waals surface area contributed by atoms with Crippen molar-refractivity contribution in [3.8, 4) is 0 Å². The molecule has 0 bridgehead atoms. The minimum atomic E-state index is -0.0746. The van der Waals surface area contributed by atoms with Gasteiger partial charge in [0.15, 0.2) is 0 Å². The zero-order chi connectivity index (χ0) is 19.7. The van der Waals surface area contributed by atoms with E-state index < -0.39 is 0 Å². The smallest absolute Gasteiger partial charge is 0.272 e. The first kappa shape index (κ1) is 19.0. The van der Waals surface area contributed by atoms with E-state index in [1.54, 1.807) is 0 Å². The third-order valence-corrected chi connectivity index (χ3v) is 6.81. The third-order valence-electron chi connectivity index (χ3n) is 6.81. The number of piperidine rings is 1. The molecule has 0 aliphatic carbocycles. The molecule has 29 heavy (non-hydrogen) atoms. The van der Waals surface area contributed by atoms with Crippen LogP contribution in [-0.2, 0) is 9.47 Å². The highest BCUT2D eigenvalue weighted by Gasteiger charge is 2.42. The molecule has 1 aromatic carbocycles. The zero-order valence-electron chi connectivity index (χ0n) is 16.9. The number of ether oxygens (including phenoxy) is 2. The molecule has 3 aliphatic heterocycles. The molecule has 0 N–H and O–H groups in total. The van der Waals surface area contributed by atoms with Gasteiger partial charge in [-0.2, -0.15) is 0 Å². The lowest BCUT2D eigenvalue weighted by atomic mass is 9.81. The largest absolute Gasteiger partial charge is 0.379 e. The number of nitrogens with zero attached hydrogens (tertiary/aromatic N) is 3. The van der Waals surface area contributed by atoms with Crippen LogP contribution >= 0.6 is 0 Å². The number of hydrogen-bond donors (Lipinski definition) is 0. The van der Waals surface area contributed by atoms with Crippen molar-refractivity contribution in [3.05, 3.63) is 42.1 Å². The van der Waals surface area contributed by atoms with Crippen molar-refractivity contribution in [3.63, 3.8) is 0 Å². The van der Waals surface area contributed by atoms with Crippen LogP contribution in [0.5, 0.6) is 0 Å². The minimum absolute atomic E-state index is 0.0335. The molecule has 0 radical (unpaired) electrons. The van der Waals surface area contributed by atoms with E-state index in [9.17, 15) is 4.79 Å². The van der Waals surface area contributed by atoms with Crippen molar-refractivity contribution < 1.29 is 14.3 Å². The number of hydrogen-bond acceptors (Lipinski definition) is 5. The first-order chi connectivity index (χ1) is 14.2. The summed E-state index contributed by atoms with van der Waals surface area (Å²) in [6.45, 7) is 6.03. The summed E-state index contributed by atoms with van der Waals surface area (Å²) in [5.41, 5.74) is 1.33. The van der Waals surface area contributed by atoms with E-state index in [1.165, 1.54) is 0 Å². The zero-order valence-corrected chi connectivity index (χ0v) is 16.9. The molecule has 3 aliphatic rings. The Bertz CT molecular complexity index is 873. The average molecular weight is 396 g/mol. The summed E-state index contributed by atoms with van der Waals surface area (Å²) in [6.07, 6.45) is 4.00. The standard InChI is InChI=1S/C23H29N3O3/c27-22(21-6-5-18-3-1-2-4-20(18)24-21)26-10-8-23(9-11-26)17-19(7-14-29-23)25-12-15-28-16-13-25/h1-6,19H,7-17H2. The first-order valence-electron chi connectivity index (χ1n) is 10.8. The van der Waals surface area contributed by atoms with Crippen molar-refractivity contribution in [2.75, 3.05) is 46.0 Å². The molecule has 1 aromatic heterocycles. The Kier molecular flexibility index (Phi) is 5.24. The van der Waals surface area contributed by atoms with E-state index in [0.29, 0.717) is 11.7 Å². The molecule has 3 saturated heterocycles. The van der Waals surface area contributed by atoms with E-state index in [4.69, 9.17) is 9.47 Å². The second-order valence-electron chi connectivity index (χ2n) is 8.51. The number of aromatic nitrogens is 1. The Morgan fingerprint density at radius 3 is 2.62 bits per heavy atom. The maximum absolute atomic E-state index is 13.0. The van der Waals surface area contributed by atoms with Crippen molar-refractivity contribution in [2.24, 2.45) is 0 Å². The highest BCUT2D eigenvalue weighted by atomic mass is 16.5. The van der Waals surface area contributed by atoms with Gasteiger partial charge in [0.1, 0.15) is 5.69 Å². The molecule has 1 spiro atoms. The fourth-order valence-corrected chi connectivity index (χ4v) is 5.07. The summed E-state index contributed by atoms with van der Waals surface area (Å²) < 4.78 is 11.8. The lowest BCUT2D eigenvalue weighted by Crippen LogP contribution is -2.55. The van der Waals surface area contributed by atoms with Gasteiger partial charge in [-0.15, -0.1) is 0 Å². The molecule has 6 nitrogen and oxygen atoms in total. The van der Waals surface area contributed by atoms with Gasteiger partial charge in [0.05, 0.1) is 24.3 Å². The molecular weight excluding hydrogens is 366 g/mol. The van der Waals surface area contributed by atoms with Gasteiger partial charge in [-0.05, 0) is 37.8 Å². The summed E-state index contributed by atoms with van der Waals surface area (Å²) in [5, 5.41) is 1.06. The van der Waals surface area contributed by atoms with Crippen LogP contribution in [0.15, 0.2) is 36.4 Å². The van der Waals surface area contributed by atoms with Crippen LogP contribution in [-0.4, -0.2) is 78.3 Å². The molecule has 4 heterocycles. The second-order valence-corrected chi connectivity index (χ2v) is 8.51. The maximum Gasteiger partial charge on any atom is 0.272 e. The van der Waals surface area contributed by atoms with Gasteiger partial charge in [0.25, 0.3) is 5.91 Å². The van der Waals surface area contributed by atoms with Crippen molar-refractivity contribution in [1.82, 2.24) is 14.8 Å². The Balaban J connectivity index is 1.23. The van der Waals surface area contributed by atoms with Crippen molar-refractivity contribution in [2.45, 2.75) is 37.3 Å². The Morgan fingerprint density at radius 2 is 1.79 bits per heavy atom. The van der Waals surface area contributed by atoms with Gasteiger partial charge in [-0.25, -0.2) is 4.98 Å². The number of likely N-dealkylation sites (tertiary alicyclic amines) is 1. The van der Waals surface area contributed by atoms with Crippen LogP contribution in [0.25, 0.3) is 10.9 Å². The number of para-hydroxylation sites is 1.